The summed E-state index contributed by atoms with van der Waals surface area (Å²) in [6.45, 7) is 8.46. The zero-order valence-electron chi connectivity index (χ0n) is 20.0. The van der Waals surface area contributed by atoms with E-state index in [1.165, 1.54) is 21.6 Å². The van der Waals surface area contributed by atoms with Crippen LogP contribution < -0.4 is 9.88 Å². The highest BCUT2D eigenvalue weighted by atomic mass is 32.2. The molecule has 1 fully saturated rings. The quantitative estimate of drug-likeness (QED) is 0.596. The van der Waals surface area contributed by atoms with Crippen LogP contribution in [0.15, 0.2) is 42.5 Å². The number of ether oxygens (including phenoxy) is 1. The third-order valence-electron chi connectivity index (χ3n) is 6.47. The molecule has 34 heavy (non-hydrogen) atoms. The van der Waals surface area contributed by atoms with E-state index in [9.17, 15) is 13.2 Å². The van der Waals surface area contributed by atoms with E-state index >= 15 is 0 Å². The second-order valence-electron chi connectivity index (χ2n) is 9.15. The molecule has 0 saturated carbocycles. The number of sulfonamides is 1. The summed E-state index contributed by atoms with van der Waals surface area (Å²) >= 11 is 0. The number of amides is 1. The summed E-state index contributed by atoms with van der Waals surface area (Å²) in [4.78, 5) is 19.2. The zero-order chi connectivity index (χ0) is 24.6. The van der Waals surface area contributed by atoms with E-state index in [-0.39, 0.29) is 12.5 Å². The van der Waals surface area contributed by atoms with Crippen LogP contribution in [0, 0.1) is 20.8 Å². The summed E-state index contributed by atoms with van der Waals surface area (Å²) in [5, 5.41) is 5.59. The molecule has 7 nitrogen and oxygen atoms in total. The molecule has 2 atom stereocenters. The van der Waals surface area contributed by atoms with E-state index in [0.717, 1.165) is 22.2 Å². The molecule has 0 spiro atoms. The second kappa shape index (κ2) is 9.35. The fourth-order valence-corrected chi connectivity index (χ4v) is 5.66. The minimum Gasteiger partial charge on any atom is -0.481 e. The smallest absolute Gasteiger partial charge is 0.263 e. The van der Waals surface area contributed by atoms with Crippen LogP contribution in [-0.2, 0) is 14.8 Å². The van der Waals surface area contributed by atoms with Gasteiger partial charge in [-0.05, 0) is 81.0 Å². The monoisotopic (exact) mass is 481 g/mol. The van der Waals surface area contributed by atoms with Gasteiger partial charge in [-0.15, -0.1) is 0 Å². The van der Waals surface area contributed by atoms with E-state index in [1.54, 1.807) is 6.92 Å². The van der Waals surface area contributed by atoms with E-state index in [1.807, 2.05) is 25.1 Å². The third-order valence-corrected chi connectivity index (χ3v) is 7.79. The molecule has 2 aromatic carbocycles. The largest absolute Gasteiger partial charge is 0.481 e. The normalized spacial score (nSPS) is 17.6. The summed E-state index contributed by atoms with van der Waals surface area (Å²) in [7, 11) is -3.68. The van der Waals surface area contributed by atoms with Gasteiger partial charge in [0.1, 0.15) is 5.75 Å². The number of fused-ring (bicyclic) bond motifs is 1. The lowest BCUT2D eigenvalue weighted by Gasteiger charge is -2.33. The Morgan fingerprint density at radius 1 is 1.15 bits per heavy atom. The topological polar surface area (TPSA) is 103 Å². The molecule has 1 aromatic heterocycles. The van der Waals surface area contributed by atoms with Gasteiger partial charge in [-0.2, -0.15) is 0 Å². The van der Waals surface area contributed by atoms with Crippen molar-refractivity contribution in [3.8, 4) is 16.9 Å². The number of hydrogen-bond acceptors (Lipinski definition) is 5. The number of aryl methyl sites for hydroxylation is 3. The predicted molar refractivity (Wildman–Crippen MR) is 134 cm³/mol. The molecule has 1 amide bonds. The number of carbonyl (C=O) groups is 1. The number of pyridine rings is 1. The van der Waals surface area contributed by atoms with E-state index in [0.29, 0.717) is 25.1 Å². The number of nitrogens with zero attached hydrogens (tertiary/aromatic N) is 2. The molecule has 0 bridgehead atoms. The molecular formula is C26H31N3O4S. The fourth-order valence-electron chi connectivity index (χ4n) is 4.78. The van der Waals surface area contributed by atoms with Crippen LogP contribution in [-0.4, -0.2) is 48.7 Å². The minimum absolute atomic E-state index is 0.100. The van der Waals surface area contributed by atoms with Crippen molar-refractivity contribution in [2.24, 2.45) is 5.14 Å². The average Bonchev–Trinajstić information content (AvgIpc) is 2.77. The van der Waals surface area contributed by atoms with Gasteiger partial charge in [0.15, 0.2) is 6.10 Å². The summed E-state index contributed by atoms with van der Waals surface area (Å²) in [6.07, 6.45) is 0.301. The van der Waals surface area contributed by atoms with Gasteiger partial charge >= 0.3 is 0 Å². The van der Waals surface area contributed by atoms with Gasteiger partial charge in [0.05, 0.1) is 10.8 Å². The molecule has 0 aliphatic carbocycles. The van der Waals surface area contributed by atoms with Crippen LogP contribution in [0.2, 0.25) is 0 Å². The molecule has 2 heterocycles. The van der Waals surface area contributed by atoms with Crippen LogP contribution in [0.25, 0.3) is 22.0 Å². The molecule has 3 aromatic rings. The number of piperidine rings is 1. The Kier molecular flexibility index (Phi) is 6.64. The molecule has 4 rings (SSSR count). The summed E-state index contributed by atoms with van der Waals surface area (Å²) in [6, 6.07) is 14.1. The van der Waals surface area contributed by atoms with E-state index in [2.05, 4.69) is 38.1 Å². The Labute approximate surface area is 201 Å². The van der Waals surface area contributed by atoms with Crippen molar-refractivity contribution < 1.29 is 17.9 Å². The average molecular weight is 482 g/mol. The van der Waals surface area contributed by atoms with Crippen LogP contribution in [0.3, 0.4) is 0 Å². The highest BCUT2D eigenvalue weighted by Gasteiger charge is 2.32. The Morgan fingerprint density at radius 2 is 1.85 bits per heavy atom. The maximum absolute atomic E-state index is 13.0. The molecule has 1 aliphatic heterocycles. The van der Waals surface area contributed by atoms with Crippen molar-refractivity contribution in [1.29, 1.82) is 0 Å². The van der Waals surface area contributed by atoms with Crippen molar-refractivity contribution in [3.05, 3.63) is 59.3 Å². The van der Waals surface area contributed by atoms with Gasteiger partial charge in [-0.1, -0.05) is 18.2 Å². The van der Waals surface area contributed by atoms with E-state index in [4.69, 9.17) is 14.9 Å². The summed E-state index contributed by atoms with van der Waals surface area (Å²) in [5.41, 5.74) is 6.41. The van der Waals surface area contributed by atoms with Gasteiger partial charge < -0.3 is 9.64 Å². The fraction of sp³-hybridized carbons (Fsp3) is 0.385. The number of likely N-dealkylation sites (tertiary alicyclic amines) is 1. The molecule has 2 N–H and O–H groups in total. The van der Waals surface area contributed by atoms with Crippen molar-refractivity contribution in [2.45, 2.75) is 51.9 Å². The first-order valence-corrected chi connectivity index (χ1v) is 13.1. The molecule has 0 radical (unpaired) electrons. The molecular weight excluding hydrogens is 450 g/mol. The standard InChI is InChI=1S/C26H31N3O4S/c1-16-7-5-8-17(2)25(16)23-13-18(3)28-24-14-20(10-11-22(23)24)33-19(4)26(30)29-12-6-9-21(15-29)34(27,31)32/h5,7-8,10-11,13-14,19,21H,6,9,12,15H2,1-4H3,(H2,27,31,32)/t19?,21-/m0/s1. The first kappa shape index (κ1) is 24.2. The summed E-state index contributed by atoms with van der Waals surface area (Å²) in [5.74, 6) is 0.292. The zero-order valence-corrected chi connectivity index (χ0v) is 20.9. The number of nitrogens with two attached hydrogens (primary N) is 1. The number of benzene rings is 2. The highest BCUT2D eigenvalue weighted by Crippen LogP contribution is 2.34. The number of carbonyl (C=O) groups excluding carboxylic acids is 1. The maximum atomic E-state index is 13.0. The Morgan fingerprint density at radius 3 is 2.53 bits per heavy atom. The van der Waals surface area contributed by atoms with E-state index < -0.39 is 21.4 Å². The van der Waals surface area contributed by atoms with Crippen molar-refractivity contribution in [1.82, 2.24) is 9.88 Å². The van der Waals surface area contributed by atoms with Crippen LogP contribution in [0.1, 0.15) is 36.6 Å². The summed E-state index contributed by atoms with van der Waals surface area (Å²) < 4.78 is 29.5. The molecule has 1 unspecified atom stereocenters. The Hall–Kier alpha value is -2.97. The molecule has 180 valence electrons. The molecule has 1 saturated heterocycles. The van der Waals surface area contributed by atoms with Crippen molar-refractivity contribution in [2.75, 3.05) is 13.1 Å². The van der Waals surface area contributed by atoms with Crippen LogP contribution >= 0.6 is 0 Å². The highest BCUT2D eigenvalue weighted by molar-refractivity contribution is 7.89. The Balaban J connectivity index is 1.59. The number of hydrogen-bond donors (Lipinski definition) is 1. The van der Waals surface area contributed by atoms with Gasteiger partial charge in [0.2, 0.25) is 10.0 Å². The third kappa shape index (κ3) is 4.93. The maximum Gasteiger partial charge on any atom is 0.263 e. The first-order chi connectivity index (χ1) is 16.0. The second-order valence-corrected chi connectivity index (χ2v) is 11.0. The van der Waals surface area contributed by atoms with Crippen molar-refractivity contribution in [3.63, 3.8) is 0 Å². The van der Waals surface area contributed by atoms with Gasteiger partial charge in [-0.3, -0.25) is 9.78 Å². The molecule has 8 heteroatoms. The number of aromatic nitrogens is 1. The van der Waals surface area contributed by atoms with Gasteiger partial charge in [0.25, 0.3) is 5.91 Å². The SMILES string of the molecule is Cc1cc(-c2c(C)cccc2C)c2ccc(OC(C)C(=O)N3CCC[C@H](S(N)(=O)=O)C3)cc2n1. The number of primary sulfonamides is 1. The van der Waals surface area contributed by atoms with Crippen LogP contribution in [0.5, 0.6) is 5.75 Å². The lowest BCUT2D eigenvalue weighted by atomic mass is 9.93. The lowest BCUT2D eigenvalue weighted by molar-refractivity contribution is -0.138. The van der Waals surface area contributed by atoms with Gasteiger partial charge in [0, 0.05) is 30.2 Å². The van der Waals surface area contributed by atoms with Gasteiger partial charge in [-0.25, -0.2) is 13.6 Å². The van der Waals surface area contributed by atoms with Crippen molar-refractivity contribution >= 4 is 26.8 Å². The minimum atomic E-state index is -3.68. The Bertz CT molecular complexity index is 1330. The predicted octanol–water partition coefficient (Wildman–Crippen LogP) is 3.87. The molecule has 1 aliphatic rings. The first-order valence-electron chi connectivity index (χ1n) is 11.5. The number of rotatable bonds is 5. The lowest BCUT2D eigenvalue weighted by Crippen LogP contribution is -2.50. The van der Waals surface area contributed by atoms with Crippen LogP contribution in [0.4, 0.5) is 0 Å².